The molecule has 3 nitrogen and oxygen atoms in total. The van der Waals surface area contributed by atoms with Gasteiger partial charge in [0, 0.05) is 0 Å². The molecule has 90 valence electrons. The number of ether oxygens (including phenoxy) is 1. The monoisotopic (exact) mass is 259 g/mol. The first-order valence-electron chi connectivity index (χ1n) is 4.59. The Kier molecular flexibility index (Phi) is 4.41. The minimum atomic E-state index is -2.97. The van der Waals surface area contributed by atoms with Crippen molar-refractivity contribution in [3.05, 3.63) is 29.3 Å². The molecule has 0 aliphatic heterocycles. The van der Waals surface area contributed by atoms with Gasteiger partial charge in [0.05, 0.1) is 11.6 Å². The van der Waals surface area contributed by atoms with Crippen LogP contribution >= 0.6 is 11.6 Å². The zero-order valence-corrected chi connectivity index (χ0v) is 9.54. The van der Waals surface area contributed by atoms with Gasteiger partial charge in [-0.05, 0) is 30.7 Å². The van der Waals surface area contributed by atoms with E-state index in [1.54, 1.807) is 0 Å². The van der Waals surface area contributed by atoms with Crippen molar-refractivity contribution < 1.29 is 18.3 Å². The van der Waals surface area contributed by atoms with E-state index in [0.29, 0.717) is 0 Å². The van der Waals surface area contributed by atoms with E-state index in [9.17, 15) is 13.6 Å². The molecule has 1 atom stereocenters. The molecule has 0 fully saturated rings. The molecule has 0 radical (unpaired) electrons. The van der Waals surface area contributed by atoms with Crippen LogP contribution in [-0.4, -0.2) is 12.4 Å². The van der Waals surface area contributed by atoms with Crippen molar-refractivity contribution in [3.63, 3.8) is 0 Å². The van der Waals surface area contributed by atoms with Gasteiger partial charge >= 0.3 is 6.61 Å². The number of rotatable bonds is 4. The SMILES string of the molecule is CC(=O)C(Cl)c1cc(OC(F)F)ccc1C#N. The molecule has 1 rings (SSSR count). The lowest BCUT2D eigenvalue weighted by atomic mass is 10.0. The molecule has 1 aromatic carbocycles. The molecule has 0 saturated carbocycles. The molecule has 0 spiro atoms. The summed E-state index contributed by atoms with van der Waals surface area (Å²) in [4.78, 5) is 11.1. The van der Waals surface area contributed by atoms with E-state index in [-0.39, 0.29) is 22.7 Å². The van der Waals surface area contributed by atoms with Gasteiger partial charge in [-0.1, -0.05) is 0 Å². The summed E-state index contributed by atoms with van der Waals surface area (Å²) >= 11 is 5.79. The summed E-state index contributed by atoms with van der Waals surface area (Å²) in [5, 5.41) is 7.76. The number of nitriles is 1. The lowest BCUT2D eigenvalue weighted by Gasteiger charge is -2.11. The summed E-state index contributed by atoms with van der Waals surface area (Å²) in [6.45, 7) is -1.72. The van der Waals surface area contributed by atoms with Crippen molar-refractivity contribution in [2.45, 2.75) is 18.9 Å². The van der Waals surface area contributed by atoms with E-state index in [1.807, 2.05) is 6.07 Å². The van der Waals surface area contributed by atoms with Gasteiger partial charge in [0.25, 0.3) is 0 Å². The number of hydrogen-bond acceptors (Lipinski definition) is 3. The van der Waals surface area contributed by atoms with Gasteiger partial charge in [0.2, 0.25) is 0 Å². The zero-order chi connectivity index (χ0) is 13.0. The molecule has 6 heteroatoms. The first-order chi connectivity index (χ1) is 7.95. The van der Waals surface area contributed by atoms with E-state index < -0.39 is 12.0 Å². The molecular weight excluding hydrogens is 252 g/mol. The highest BCUT2D eigenvalue weighted by Crippen LogP contribution is 2.29. The molecule has 0 N–H and O–H groups in total. The van der Waals surface area contributed by atoms with E-state index >= 15 is 0 Å². The van der Waals surface area contributed by atoms with E-state index in [0.717, 1.165) is 0 Å². The highest BCUT2D eigenvalue weighted by molar-refractivity contribution is 6.31. The van der Waals surface area contributed by atoms with Crippen LogP contribution in [0.25, 0.3) is 0 Å². The summed E-state index contributed by atoms with van der Waals surface area (Å²) in [6, 6.07) is 5.51. The molecule has 0 amide bonds. The fourth-order valence-electron chi connectivity index (χ4n) is 1.25. The minimum Gasteiger partial charge on any atom is -0.435 e. The third-order valence-electron chi connectivity index (χ3n) is 2.00. The van der Waals surface area contributed by atoms with Crippen molar-refractivity contribution >= 4 is 17.4 Å². The van der Waals surface area contributed by atoms with Gasteiger partial charge in [-0.3, -0.25) is 4.79 Å². The van der Waals surface area contributed by atoms with Gasteiger partial charge in [-0.15, -0.1) is 11.6 Å². The first-order valence-corrected chi connectivity index (χ1v) is 5.02. The predicted octanol–water partition coefficient (Wildman–Crippen LogP) is 3.03. The number of carbonyl (C=O) groups excluding carboxylic acids is 1. The molecule has 0 bridgehead atoms. The van der Waals surface area contributed by atoms with Crippen LogP contribution in [0.4, 0.5) is 8.78 Å². The zero-order valence-electron chi connectivity index (χ0n) is 8.78. The van der Waals surface area contributed by atoms with E-state index in [1.165, 1.54) is 25.1 Å². The number of nitrogens with zero attached hydrogens (tertiary/aromatic N) is 1. The Labute approximate surface area is 102 Å². The standard InChI is InChI=1S/C11H8ClF2NO2/c1-6(16)10(12)9-4-8(17-11(13)14)3-2-7(9)5-15/h2-4,10-11H,1H3. The van der Waals surface area contributed by atoms with Gasteiger partial charge in [-0.2, -0.15) is 14.0 Å². The fourth-order valence-corrected chi connectivity index (χ4v) is 1.43. The molecule has 1 aromatic rings. The lowest BCUT2D eigenvalue weighted by molar-refractivity contribution is -0.116. The van der Waals surface area contributed by atoms with Crippen LogP contribution in [0.15, 0.2) is 18.2 Å². The van der Waals surface area contributed by atoms with Crippen LogP contribution < -0.4 is 4.74 Å². The highest BCUT2D eigenvalue weighted by atomic mass is 35.5. The number of halogens is 3. The predicted molar refractivity (Wildman–Crippen MR) is 57.1 cm³/mol. The van der Waals surface area contributed by atoms with Gasteiger partial charge < -0.3 is 4.74 Å². The number of Topliss-reactive ketones (excluding diaryl/α,β-unsaturated/α-hetero) is 1. The third-order valence-corrected chi connectivity index (χ3v) is 2.54. The number of hydrogen-bond donors (Lipinski definition) is 0. The average molecular weight is 260 g/mol. The Balaban J connectivity index is 3.16. The number of alkyl halides is 3. The van der Waals surface area contributed by atoms with Crippen LogP contribution in [0, 0.1) is 11.3 Å². The van der Waals surface area contributed by atoms with Crippen molar-refractivity contribution in [2.24, 2.45) is 0 Å². The number of ketones is 1. The topological polar surface area (TPSA) is 50.1 Å². The Morgan fingerprint density at radius 1 is 1.53 bits per heavy atom. The Bertz CT molecular complexity index is 471. The lowest BCUT2D eigenvalue weighted by Crippen LogP contribution is -2.06. The molecule has 0 saturated heterocycles. The summed E-state index contributed by atoms with van der Waals surface area (Å²) in [5.74, 6) is -0.515. The third kappa shape index (κ3) is 3.40. The normalized spacial score (nSPS) is 12.0. The Morgan fingerprint density at radius 3 is 2.65 bits per heavy atom. The fraction of sp³-hybridized carbons (Fsp3) is 0.273. The Hall–Kier alpha value is -1.67. The van der Waals surface area contributed by atoms with Crippen LogP contribution in [0.1, 0.15) is 23.4 Å². The number of benzene rings is 1. The van der Waals surface area contributed by atoms with Crippen LogP contribution in [0.5, 0.6) is 5.75 Å². The van der Waals surface area contributed by atoms with Crippen molar-refractivity contribution in [1.29, 1.82) is 5.26 Å². The molecule has 1 unspecified atom stereocenters. The minimum absolute atomic E-state index is 0.138. The summed E-state index contributed by atoms with van der Waals surface area (Å²) in [6.07, 6.45) is 0. The molecule has 0 aliphatic carbocycles. The molecule has 0 aromatic heterocycles. The molecule has 0 heterocycles. The maximum Gasteiger partial charge on any atom is 0.387 e. The van der Waals surface area contributed by atoms with E-state index in [4.69, 9.17) is 16.9 Å². The second-order valence-corrected chi connectivity index (χ2v) is 3.65. The molecule has 17 heavy (non-hydrogen) atoms. The summed E-state index contributed by atoms with van der Waals surface area (Å²) < 4.78 is 28.2. The maximum absolute atomic E-state index is 12.0. The Morgan fingerprint density at radius 2 is 2.18 bits per heavy atom. The molecule has 0 aliphatic rings. The molecular formula is C11H8ClF2NO2. The second kappa shape index (κ2) is 5.60. The maximum atomic E-state index is 12.0. The van der Waals surface area contributed by atoms with Gasteiger partial charge in [-0.25, -0.2) is 0 Å². The largest absolute Gasteiger partial charge is 0.435 e. The average Bonchev–Trinajstić information content (AvgIpc) is 2.27. The van der Waals surface area contributed by atoms with Crippen LogP contribution in [0.2, 0.25) is 0 Å². The smallest absolute Gasteiger partial charge is 0.387 e. The van der Waals surface area contributed by atoms with E-state index in [2.05, 4.69) is 4.74 Å². The van der Waals surface area contributed by atoms with Crippen molar-refractivity contribution in [1.82, 2.24) is 0 Å². The van der Waals surface area contributed by atoms with Crippen molar-refractivity contribution in [3.8, 4) is 11.8 Å². The van der Waals surface area contributed by atoms with Gasteiger partial charge in [0.15, 0.2) is 5.78 Å². The second-order valence-electron chi connectivity index (χ2n) is 3.21. The summed E-state index contributed by atoms with van der Waals surface area (Å²) in [7, 11) is 0. The quantitative estimate of drug-likeness (QED) is 0.781. The first kappa shape index (κ1) is 13.4. The number of carbonyl (C=O) groups is 1. The van der Waals surface area contributed by atoms with Crippen LogP contribution in [-0.2, 0) is 4.79 Å². The van der Waals surface area contributed by atoms with Crippen molar-refractivity contribution in [2.75, 3.05) is 0 Å². The summed E-state index contributed by atoms with van der Waals surface area (Å²) in [5.41, 5.74) is 0.321. The van der Waals surface area contributed by atoms with Gasteiger partial charge in [0.1, 0.15) is 11.1 Å². The van der Waals surface area contributed by atoms with Crippen LogP contribution in [0.3, 0.4) is 0 Å². The highest BCUT2D eigenvalue weighted by Gasteiger charge is 2.18.